The summed E-state index contributed by atoms with van der Waals surface area (Å²) in [5.41, 5.74) is 1.21. The van der Waals surface area contributed by atoms with Gasteiger partial charge in [-0.3, -0.25) is 4.79 Å². The van der Waals surface area contributed by atoms with Gasteiger partial charge in [-0.15, -0.1) is 0 Å². The maximum Gasteiger partial charge on any atom is 0.338 e. The third-order valence-corrected chi connectivity index (χ3v) is 3.98. The molecule has 0 radical (unpaired) electrons. The average molecular weight is 377 g/mol. The number of nitrogens with zero attached hydrogens (tertiary/aromatic N) is 1. The molecule has 1 saturated heterocycles. The summed E-state index contributed by atoms with van der Waals surface area (Å²) in [6, 6.07) is 6.51. The summed E-state index contributed by atoms with van der Waals surface area (Å²) < 4.78 is 10.5. The number of hydrogen-bond acceptors (Lipinski definition) is 5. The first-order valence-electron chi connectivity index (χ1n) is 9.05. The molecule has 0 bridgehead atoms. The molecule has 1 fully saturated rings. The minimum Gasteiger partial charge on any atom is -0.452 e. The Kier molecular flexibility index (Phi) is 7.60. The molecule has 3 amide bonds. The van der Waals surface area contributed by atoms with Gasteiger partial charge in [0.1, 0.15) is 0 Å². The first-order valence-corrected chi connectivity index (χ1v) is 9.05. The quantitative estimate of drug-likeness (QED) is 0.729. The SMILES string of the molecule is CC(C)NC(=O)NCc1ccc(C(=O)OCC(=O)N2CCOC(C)C2)cc1. The second-order valence-electron chi connectivity index (χ2n) is 6.78. The first kappa shape index (κ1) is 20.7. The highest BCUT2D eigenvalue weighted by atomic mass is 16.5. The number of carbonyl (C=O) groups excluding carboxylic acids is 3. The number of ether oxygens (including phenoxy) is 2. The number of amides is 3. The van der Waals surface area contributed by atoms with Crippen molar-refractivity contribution in [3.63, 3.8) is 0 Å². The van der Waals surface area contributed by atoms with Gasteiger partial charge in [-0.25, -0.2) is 9.59 Å². The number of carbonyl (C=O) groups is 3. The predicted octanol–water partition coefficient (Wildman–Crippen LogP) is 1.30. The predicted molar refractivity (Wildman–Crippen MR) is 99.2 cm³/mol. The van der Waals surface area contributed by atoms with E-state index in [1.54, 1.807) is 29.2 Å². The molecular formula is C19H27N3O5. The summed E-state index contributed by atoms with van der Waals surface area (Å²) in [7, 11) is 0. The molecule has 1 unspecified atom stereocenters. The molecule has 2 N–H and O–H groups in total. The van der Waals surface area contributed by atoms with Crippen LogP contribution >= 0.6 is 0 Å². The summed E-state index contributed by atoms with van der Waals surface area (Å²) in [5, 5.41) is 5.46. The van der Waals surface area contributed by atoms with E-state index in [1.807, 2.05) is 20.8 Å². The molecule has 1 aromatic rings. The smallest absolute Gasteiger partial charge is 0.338 e. The van der Waals surface area contributed by atoms with Crippen molar-refractivity contribution in [2.24, 2.45) is 0 Å². The van der Waals surface area contributed by atoms with E-state index >= 15 is 0 Å². The summed E-state index contributed by atoms with van der Waals surface area (Å²) in [6.07, 6.45) is -0.0119. The minimum atomic E-state index is -0.554. The Labute approximate surface area is 159 Å². The maximum absolute atomic E-state index is 12.1. The Balaban J connectivity index is 1.77. The van der Waals surface area contributed by atoms with Crippen LogP contribution in [-0.4, -0.2) is 61.3 Å². The summed E-state index contributed by atoms with van der Waals surface area (Å²) in [5.74, 6) is -0.780. The summed E-state index contributed by atoms with van der Waals surface area (Å²) >= 11 is 0. The minimum absolute atomic E-state index is 0.0119. The third kappa shape index (κ3) is 6.90. The normalized spacial score (nSPS) is 16.7. The van der Waals surface area contributed by atoms with Gasteiger partial charge in [0.2, 0.25) is 0 Å². The van der Waals surface area contributed by atoms with E-state index in [4.69, 9.17) is 9.47 Å². The fourth-order valence-electron chi connectivity index (χ4n) is 2.60. The van der Waals surface area contributed by atoms with E-state index in [-0.39, 0.29) is 30.7 Å². The zero-order valence-electron chi connectivity index (χ0n) is 16.0. The molecule has 0 spiro atoms. The molecule has 0 saturated carbocycles. The Morgan fingerprint density at radius 3 is 2.59 bits per heavy atom. The van der Waals surface area contributed by atoms with Gasteiger partial charge in [0.25, 0.3) is 5.91 Å². The van der Waals surface area contributed by atoms with E-state index in [0.29, 0.717) is 31.8 Å². The topological polar surface area (TPSA) is 97.0 Å². The van der Waals surface area contributed by atoms with Gasteiger partial charge in [0.05, 0.1) is 18.3 Å². The highest BCUT2D eigenvalue weighted by Gasteiger charge is 2.22. The lowest BCUT2D eigenvalue weighted by atomic mass is 10.1. The van der Waals surface area contributed by atoms with Crippen LogP contribution in [0.2, 0.25) is 0 Å². The lowest BCUT2D eigenvalue weighted by molar-refractivity contribution is -0.141. The average Bonchev–Trinajstić information content (AvgIpc) is 2.64. The molecule has 0 aromatic heterocycles. The lowest BCUT2D eigenvalue weighted by Crippen LogP contribution is -2.46. The van der Waals surface area contributed by atoms with Crippen LogP contribution in [0.3, 0.4) is 0 Å². The van der Waals surface area contributed by atoms with Crippen LogP contribution in [0.1, 0.15) is 36.7 Å². The van der Waals surface area contributed by atoms with Gasteiger partial charge in [0, 0.05) is 25.7 Å². The van der Waals surface area contributed by atoms with Crippen LogP contribution in [-0.2, 0) is 20.8 Å². The van der Waals surface area contributed by atoms with E-state index in [0.717, 1.165) is 5.56 Å². The summed E-state index contributed by atoms with van der Waals surface area (Å²) in [4.78, 5) is 37.4. The number of nitrogens with one attached hydrogen (secondary N) is 2. The molecule has 2 rings (SSSR count). The molecule has 8 nitrogen and oxygen atoms in total. The Hall–Kier alpha value is -2.61. The first-order chi connectivity index (χ1) is 12.8. The van der Waals surface area contributed by atoms with Crippen LogP contribution in [0.15, 0.2) is 24.3 Å². The molecule has 1 heterocycles. The Morgan fingerprint density at radius 1 is 1.26 bits per heavy atom. The van der Waals surface area contributed by atoms with E-state index in [9.17, 15) is 14.4 Å². The van der Waals surface area contributed by atoms with Crippen molar-refractivity contribution in [2.45, 2.75) is 39.5 Å². The van der Waals surface area contributed by atoms with Crippen LogP contribution < -0.4 is 10.6 Å². The second kappa shape index (κ2) is 9.91. The largest absolute Gasteiger partial charge is 0.452 e. The molecule has 1 aliphatic rings. The summed E-state index contributed by atoms with van der Waals surface area (Å²) in [6.45, 7) is 7.22. The van der Waals surface area contributed by atoms with Crippen molar-refractivity contribution in [2.75, 3.05) is 26.3 Å². The van der Waals surface area contributed by atoms with E-state index in [1.165, 1.54) is 0 Å². The van der Waals surface area contributed by atoms with E-state index < -0.39 is 5.97 Å². The molecule has 148 valence electrons. The number of rotatable bonds is 6. The maximum atomic E-state index is 12.1. The van der Waals surface area contributed by atoms with E-state index in [2.05, 4.69) is 10.6 Å². The lowest BCUT2D eigenvalue weighted by Gasteiger charge is -2.30. The number of benzene rings is 1. The van der Waals surface area contributed by atoms with Crippen LogP contribution in [0.4, 0.5) is 4.79 Å². The van der Waals surface area contributed by atoms with Gasteiger partial charge in [0.15, 0.2) is 6.61 Å². The zero-order chi connectivity index (χ0) is 19.8. The van der Waals surface area contributed by atoms with Crippen molar-refractivity contribution in [1.82, 2.24) is 15.5 Å². The van der Waals surface area contributed by atoms with Crippen molar-refractivity contribution in [1.29, 1.82) is 0 Å². The number of morpholine rings is 1. The number of urea groups is 1. The van der Waals surface area contributed by atoms with Crippen LogP contribution in [0.25, 0.3) is 0 Å². The Morgan fingerprint density at radius 2 is 1.96 bits per heavy atom. The molecule has 1 aromatic carbocycles. The van der Waals surface area contributed by atoms with Crippen molar-refractivity contribution in [3.8, 4) is 0 Å². The molecule has 8 heteroatoms. The second-order valence-corrected chi connectivity index (χ2v) is 6.78. The van der Waals surface area contributed by atoms with Crippen LogP contribution in [0, 0.1) is 0 Å². The zero-order valence-corrected chi connectivity index (χ0v) is 16.0. The molecule has 1 atom stereocenters. The highest BCUT2D eigenvalue weighted by Crippen LogP contribution is 2.08. The molecule has 1 aliphatic heterocycles. The van der Waals surface area contributed by atoms with Gasteiger partial charge in [-0.05, 0) is 38.5 Å². The van der Waals surface area contributed by atoms with Gasteiger partial charge in [-0.1, -0.05) is 12.1 Å². The standard InChI is InChI=1S/C19H27N3O5/c1-13(2)21-19(25)20-10-15-4-6-16(7-5-15)18(24)27-12-17(23)22-8-9-26-14(3)11-22/h4-7,13-14H,8-12H2,1-3H3,(H2,20,21,25). The van der Waals surface area contributed by atoms with Crippen molar-refractivity contribution < 1.29 is 23.9 Å². The van der Waals surface area contributed by atoms with Crippen LogP contribution in [0.5, 0.6) is 0 Å². The monoisotopic (exact) mass is 377 g/mol. The molecule has 0 aliphatic carbocycles. The fraction of sp³-hybridized carbons (Fsp3) is 0.526. The molecule has 27 heavy (non-hydrogen) atoms. The van der Waals surface area contributed by atoms with Crippen molar-refractivity contribution >= 4 is 17.9 Å². The fourth-order valence-corrected chi connectivity index (χ4v) is 2.60. The van der Waals surface area contributed by atoms with Gasteiger partial charge >= 0.3 is 12.0 Å². The van der Waals surface area contributed by atoms with Crippen molar-refractivity contribution in [3.05, 3.63) is 35.4 Å². The van der Waals surface area contributed by atoms with Gasteiger partial charge in [-0.2, -0.15) is 0 Å². The number of hydrogen-bond donors (Lipinski definition) is 2. The molecular weight excluding hydrogens is 350 g/mol. The highest BCUT2D eigenvalue weighted by molar-refractivity contribution is 5.91. The third-order valence-electron chi connectivity index (χ3n) is 3.98. The Bertz CT molecular complexity index is 660. The number of esters is 1. The van der Waals surface area contributed by atoms with Gasteiger partial charge < -0.3 is 25.0 Å².